The summed E-state index contributed by atoms with van der Waals surface area (Å²) in [7, 11) is 0. The number of benzene rings is 1. The van der Waals surface area contributed by atoms with Crippen molar-refractivity contribution < 1.29 is 23.1 Å². The van der Waals surface area contributed by atoms with Gasteiger partial charge in [-0.2, -0.15) is 28.2 Å². The Morgan fingerprint density at radius 2 is 2.14 bits per heavy atom. The maximum Gasteiger partial charge on any atom is 0.490 e. The second kappa shape index (κ2) is 9.68. The highest BCUT2D eigenvalue weighted by molar-refractivity contribution is 9.10. The molecule has 1 aromatic heterocycles. The lowest BCUT2D eigenvalue weighted by atomic mass is 9.80. The highest BCUT2D eigenvalue weighted by atomic mass is 79.9. The highest BCUT2D eigenvalue weighted by Crippen LogP contribution is 2.25. The molecule has 1 atom stereocenters. The number of carboxylic acid groups (broad SMARTS) is 1. The Balaban J connectivity index is 0.000000370. The van der Waals surface area contributed by atoms with Gasteiger partial charge in [0.25, 0.3) is 0 Å². The number of hydrogen-bond acceptors (Lipinski definition) is 5. The average Bonchev–Trinajstić information content (AvgIpc) is 3.09. The molecule has 3 rings (SSSR count). The van der Waals surface area contributed by atoms with Crippen LogP contribution in [0.25, 0.3) is 5.69 Å². The molecule has 0 bridgehead atoms. The van der Waals surface area contributed by atoms with E-state index in [2.05, 4.69) is 50.6 Å². The van der Waals surface area contributed by atoms with E-state index in [1.54, 1.807) is 4.80 Å². The number of aromatic nitrogens is 3. The third-order valence-corrected chi connectivity index (χ3v) is 4.98. The molecule has 7 nitrogen and oxygen atoms in total. The van der Waals surface area contributed by atoms with Crippen LogP contribution in [0.15, 0.2) is 34.9 Å². The number of halogens is 4. The van der Waals surface area contributed by atoms with E-state index < -0.39 is 12.1 Å². The summed E-state index contributed by atoms with van der Waals surface area (Å²) in [6, 6.07) is 8.49. The van der Waals surface area contributed by atoms with Crippen molar-refractivity contribution in [2.24, 2.45) is 5.41 Å². The molecule has 1 fully saturated rings. The van der Waals surface area contributed by atoms with Gasteiger partial charge < -0.3 is 15.7 Å². The van der Waals surface area contributed by atoms with E-state index in [4.69, 9.17) is 9.90 Å². The number of piperidine rings is 1. The molecule has 1 saturated heterocycles. The smallest absolute Gasteiger partial charge is 0.475 e. The molecule has 11 heteroatoms. The van der Waals surface area contributed by atoms with E-state index in [0.29, 0.717) is 6.04 Å². The first-order valence-electron chi connectivity index (χ1n) is 8.90. The maximum absolute atomic E-state index is 10.6. The standard InChI is InChI=1S/C16H22BrN5.C2HF3O2/c1-16(2)11-18-7-6-15(16)19-9-13-10-20-22(21-13)14-5-3-4-12(17)8-14;3-2(4,5)1(6)7/h3-5,8,10,15,18-19H,6-7,9,11H2,1-2H3;(H,6,7). The first-order chi connectivity index (χ1) is 13.5. The van der Waals surface area contributed by atoms with Gasteiger partial charge in [-0.3, -0.25) is 0 Å². The van der Waals surface area contributed by atoms with Gasteiger partial charge in [0.1, 0.15) is 0 Å². The molecule has 3 N–H and O–H groups in total. The van der Waals surface area contributed by atoms with E-state index in [9.17, 15) is 13.2 Å². The van der Waals surface area contributed by atoms with Crippen molar-refractivity contribution in [3.8, 4) is 5.69 Å². The number of hydrogen-bond donors (Lipinski definition) is 3. The molecule has 0 aliphatic carbocycles. The van der Waals surface area contributed by atoms with Gasteiger partial charge in [0.15, 0.2) is 0 Å². The molecular formula is C18H23BrF3N5O2. The van der Waals surface area contributed by atoms with E-state index >= 15 is 0 Å². The molecule has 0 spiro atoms. The minimum atomic E-state index is -5.08. The van der Waals surface area contributed by atoms with Gasteiger partial charge in [0, 0.05) is 23.6 Å². The number of nitrogens with one attached hydrogen (secondary N) is 2. The Labute approximate surface area is 174 Å². The molecule has 160 valence electrons. The zero-order valence-electron chi connectivity index (χ0n) is 16.0. The summed E-state index contributed by atoms with van der Waals surface area (Å²) in [6.45, 7) is 7.48. The Bertz CT molecular complexity index is 826. The van der Waals surface area contributed by atoms with Gasteiger partial charge in [-0.05, 0) is 36.6 Å². The van der Waals surface area contributed by atoms with E-state index in [-0.39, 0.29) is 5.41 Å². The normalized spacial score (nSPS) is 18.6. The summed E-state index contributed by atoms with van der Waals surface area (Å²) in [6.07, 6.45) is -2.10. The van der Waals surface area contributed by atoms with Crippen LogP contribution < -0.4 is 10.6 Å². The molecule has 2 aromatic rings. The quantitative estimate of drug-likeness (QED) is 0.626. The molecular weight excluding hydrogens is 455 g/mol. The third kappa shape index (κ3) is 7.09. The number of alkyl halides is 3. The lowest BCUT2D eigenvalue weighted by Crippen LogP contribution is -2.52. The van der Waals surface area contributed by atoms with Crippen LogP contribution in [0.1, 0.15) is 26.0 Å². The minimum Gasteiger partial charge on any atom is -0.475 e. The van der Waals surface area contributed by atoms with Crippen molar-refractivity contribution in [1.29, 1.82) is 0 Å². The molecule has 29 heavy (non-hydrogen) atoms. The van der Waals surface area contributed by atoms with Crippen molar-refractivity contribution >= 4 is 21.9 Å². The van der Waals surface area contributed by atoms with E-state index in [0.717, 1.165) is 41.9 Å². The fourth-order valence-electron chi connectivity index (χ4n) is 2.88. The van der Waals surface area contributed by atoms with Crippen LogP contribution in [-0.4, -0.2) is 51.4 Å². The first-order valence-corrected chi connectivity index (χ1v) is 9.70. The number of rotatable bonds is 4. The largest absolute Gasteiger partial charge is 0.490 e. The van der Waals surface area contributed by atoms with Crippen molar-refractivity contribution in [2.75, 3.05) is 13.1 Å². The van der Waals surface area contributed by atoms with Crippen LogP contribution in [0, 0.1) is 5.41 Å². The molecule has 1 unspecified atom stereocenters. The minimum absolute atomic E-state index is 0.262. The monoisotopic (exact) mass is 477 g/mol. The van der Waals surface area contributed by atoms with Gasteiger partial charge in [0.05, 0.1) is 17.6 Å². The summed E-state index contributed by atoms with van der Waals surface area (Å²) in [4.78, 5) is 10.6. The molecule has 0 radical (unpaired) electrons. The molecule has 2 heterocycles. The van der Waals surface area contributed by atoms with Crippen LogP contribution in [-0.2, 0) is 11.3 Å². The molecule has 0 saturated carbocycles. The van der Waals surface area contributed by atoms with Crippen molar-refractivity contribution in [3.05, 3.63) is 40.6 Å². The zero-order chi connectivity index (χ0) is 21.7. The van der Waals surface area contributed by atoms with Gasteiger partial charge in [-0.25, -0.2) is 4.79 Å². The number of nitrogens with zero attached hydrogens (tertiary/aromatic N) is 3. The first kappa shape index (κ1) is 23.3. The Morgan fingerprint density at radius 1 is 1.45 bits per heavy atom. The lowest BCUT2D eigenvalue weighted by molar-refractivity contribution is -0.192. The summed E-state index contributed by atoms with van der Waals surface area (Å²) in [5.41, 5.74) is 2.19. The van der Waals surface area contributed by atoms with Gasteiger partial charge >= 0.3 is 12.1 Å². The van der Waals surface area contributed by atoms with E-state index in [1.807, 2.05) is 30.5 Å². The fourth-order valence-corrected chi connectivity index (χ4v) is 3.26. The molecule has 1 aromatic carbocycles. The van der Waals surface area contributed by atoms with Gasteiger partial charge in [-0.15, -0.1) is 0 Å². The summed E-state index contributed by atoms with van der Waals surface area (Å²) in [5.74, 6) is -2.76. The van der Waals surface area contributed by atoms with Crippen molar-refractivity contribution in [2.45, 2.75) is 39.0 Å². The van der Waals surface area contributed by atoms with Crippen LogP contribution in [0.3, 0.4) is 0 Å². The molecule has 1 aliphatic heterocycles. The van der Waals surface area contributed by atoms with E-state index in [1.165, 1.54) is 0 Å². The van der Waals surface area contributed by atoms with Crippen LogP contribution in [0.2, 0.25) is 0 Å². The number of carboxylic acids is 1. The second-order valence-corrected chi connectivity index (χ2v) is 8.21. The zero-order valence-corrected chi connectivity index (χ0v) is 17.6. The average molecular weight is 478 g/mol. The Kier molecular flexibility index (Phi) is 7.78. The van der Waals surface area contributed by atoms with Crippen LogP contribution >= 0.6 is 15.9 Å². The Morgan fingerprint density at radius 3 is 2.72 bits per heavy atom. The summed E-state index contributed by atoms with van der Waals surface area (Å²) in [5, 5.41) is 23.1. The van der Waals surface area contributed by atoms with Crippen molar-refractivity contribution in [3.63, 3.8) is 0 Å². The number of carbonyl (C=O) groups is 1. The Hall–Kier alpha value is -1.98. The van der Waals surface area contributed by atoms with Crippen LogP contribution in [0.4, 0.5) is 13.2 Å². The SMILES string of the molecule is CC1(C)CNCCC1NCc1cnn(-c2cccc(Br)c2)n1.O=C(O)C(F)(F)F. The number of aliphatic carboxylic acids is 1. The van der Waals surface area contributed by atoms with Crippen molar-refractivity contribution in [1.82, 2.24) is 25.6 Å². The second-order valence-electron chi connectivity index (χ2n) is 7.30. The lowest BCUT2D eigenvalue weighted by Gasteiger charge is -2.39. The topological polar surface area (TPSA) is 92.1 Å². The summed E-state index contributed by atoms with van der Waals surface area (Å²) < 4.78 is 32.8. The predicted molar refractivity (Wildman–Crippen MR) is 105 cm³/mol. The van der Waals surface area contributed by atoms with Gasteiger partial charge in [-0.1, -0.05) is 35.8 Å². The predicted octanol–water partition coefficient (Wildman–Crippen LogP) is 3.14. The molecule has 0 amide bonds. The fraction of sp³-hybridized carbons (Fsp3) is 0.500. The highest BCUT2D eigenvalue weighted by Gasteiger charge is 2.38. The van der Waals surface area contributed by atoms with Crippen LogP contribution in [0.5, 0.6) is 0 Å². The summed E-state index contributed by atoms with van der Waals surface area (Å²) >= 11 is 3.47. The molecule has 1 aliphatic rings. The maximum atomic E-state index is 10.6. The van der Waals surface area contributed by atoms with Gasteiger partial charge in [0.2, 0.25) is 0 Å². The third-order valence-electron chi connectivity index (χ3n) is 4.48.